The summed E-state index contributed by atoms with van der Waals surface area (Å²) >= 11 is 0. The molecule has 0 aliphatic carbocycles. The zero-order valence-electron chi connectivity index (χ0n) is 11.6. The Morgan fingerprint density at radius 1 is 1.45 bits per heavy atom. The molecule has 2 aromatic heterocycles. The number of fused-ring (bicyclic) bond motifs is 1. The summed E-state index contributed by atoms with van der Waals surface area (Å²) < 4.78 is 0. The quantitative estimate of drug-likeness (QED) is 0.780. The average molecular weight is 273 g/mol. The van der Waals surface area contributed by atoms with E-state index in [2.05, 4.69) is 31.9 Å². The van der Waals surface area contributed by atoms with E-state index in [1.807, 2.05) is 13.1 Å². The molecule has 3 rings (SSSR count). The van der Waals surface area contributed by atoms with Gasteiger partial charge in [0.05, 0.1) is 6.04 Å². The second kappa shape index (κ2) is 5.58. The van der Waals surface area contributed by atoms with E-state index in [9.17, 15) is 4.79 Å². The lowest BCUT2D eigenvalue weighted by Crippen LogP contribution is -2.42. The summed E-state index contributed by atoms with van der Waals surface area (Å²) in [5.74, 6) is 0.107. The predicted molar refractivity (Wildman–Crippen MR) is 76.1 cm³/mol. The minimum atomic E-state index is -0.0985. The molecule has 1 atom stereocenters. The number of rotatable bonds is 3. The van der Waals surface area contributed by atoms with Crippen LogP contribution < -0.4 is 10.6 Å². The van der Waals surface area contributed by atoms with Gasteiger partial charge in [-0.1, -0.05) is 0 Å². The fourth-order valence-corrected chi connectivity index (χ4v) is 2.53. The van der Waals surface area contributed by atoms with E-state index < -0.39 is 0 Å². The molecule has 2 aromatic rings. The van der Waals surface area contributed by atoms with Crippen molar-refractivity contribution < 1.29 is 4.79 Å². The van der Waals surface area contributed by atoms with Crippen molar-refractivity contribution in [3.05, 3.63) is 23.5 Å². The van der Waals surface area contributed by atoms with E-state index in [0.29, 0.717) is 6.54 Å². The molecule has 3 heterocycles. The third kappa shape index (κ3) is 2.65. The van der Waals surface area contributed by atoms with Crippen molar-refractivity contribution in [2.24, 2.45) is 0 Å². The number of nitrogens with one attached hydrogen (secondary N) is 3. The summed E-state index contributed by atoms with van der Waals surface area (Å²) in [6.45, 7) is 3.41. The second-order valence-corrected chi connectivity index (χ2v) is 5.28. The van der Waals surface area contributed by atoms with Gasteiger partial charge in [0, 0.05) is 30.4 Å². The van der Waals surface area contributed by atoms with Crippen LogP contribution in [0.4, 0.5) is 0 Å². The third-order valence-corrected chi connectivity index (χ3v) is 3.74. The number of aryl methyl sites for hydroxylation is 1. The molecular formula is C14H19N5O. The van der Waals surface area contributed by atoms with Gasteiger partial charge in [-0.3, -0.25) is 9.89 Å². The Bertz CT molecular complexity index is 621. The molecule has 106 valence electrons. The topological polar surface area (TPSA) is 82.7 Å². The van der Waals surface area contributed by atoms with Gasteiger partial charge in [0.15, 0.2) is 5.65 Å². The highest BCUT2D eigenvalue weighted by atomic mass is 16.2. The molecule has 6 nitrogen and oxygen atoms in total. The van der Waals surface area contributed by atoms with Gasteiger partial charge >= 0.3 is 0 Å². The van der Waals surface area contributed by atoms with Crippen molar-refractivity contribution in [2.75, 3.05) is 6.54 Å². The Morgan fingerprint density at radius 2 is 2.35 bits per heavy atom. The number of aromatic nitrogens is 3. The Labute approximate surface area is 117 Å². The molecule has 1 fully saturated rings. The first-order valence-corrected chi connectivity index (χ1v) is 7.05. The first kappa shape index (κ1) is 13.1. The number of carbonyl (C=O) groups is 1. The molecule has 3 N–H and O–H groups in total. The molecule has 0 spiro atoms. The van der Waals surface area contributed by atoms with Crippen LogP contribution >= 0.6 is 0 Å². The van der Waals surface area contributed by atoms with Crippen molar-refractivity contribution in [3.63, 3.8) is 0 Å². The molecule has 0 saturated carbocycles. The van der Waals surface area contributed by atoms with Crippen LogP contribution in [0.3, 0.4) is 0 Å². The van der Waals surface area contributed by atoms with Crippen LogP contribution in [-0.4, -0.2) is 33.7 Å². The largest absolute Gasteiger partial charge is 0.355 e. The molecule has 6 heteroatoms. The monoisotopic (exact) mass is 273 g/mol. The fourth-order valence-electron chi connectivity index (χ4n) is 2.53. The molecule has 1 aliphatic heterocycles. The second-order valence-electron chi connectivity index (χ2n) is 5.28. The lowest BCUT2D eigenvalue weighted by atomic mass is 10.1. The molecule has 0 bridgehead atoms. The zero-order chi connectivity index (χ0) is 13.9. The molecule has 1 saturated heterocycles. The van der Waals surface area contributed by atoms with Gasteiger partial charge in [0.1, 0.15) is 0 Å². The van der Waals surface area contributed by atoms with Gasteiger partial charge in [-0.2, -0.15) is 5.10 Å². The number of hydrogen-bond acceptors (Lipinski definition) is 4. The van der Waals surface area contributed by atoms with Crippen molar-refractivity contribution >= 4 is 16.9 Å². The maximum absolute atomic E-state index is 11.9. The molecule has 1 unspecified atom stereocenters. The van der Waals surface area contributed by atoms with Gasteiger partial charge in [-0.05, 0) is 37.8 Å². The predicted octanol–water partition coefficient (Wildman–Crippen LogP) is 1.02. The number of aromatic amines is 1. The molecule has 1 aliphatic rings. The summed E-state index contributed by atoms with van der Waals surface area (Å²) in [5.41, 5.74) is 2.82. The van der Waals surface area contributed by atoms with Crippen molar-refractivity contribution in [2.45, 2.75) is 38.8 Å². The maximum Gasteiger partial charge on any atom is 0.237 e. The Kier molecular flexibility index (Phi) is 3.64. The lowest BCUT2D eigenvalue weighted by Gasteiger charge is -2.15. The van der Waals surface area contributed by atoms with Crippen LogP contribution in [0.5, 0.6) is 0 Å². The molecule has 0 aromatic carbocycles. The highest BCUT2D eigenvalue weighted by molar-refractivity contribution is 5.82. The van der Waals surface area contributed by atoms with Gasteiger partial charge in [-0.25, -0.2) is 4.98 Å². The average Bonchev–Trinajstić information content (AvgIpc) is 2.69. The molecule has 20 heavy (non-hydrogen) atoms. The molecule has 0 radical (unpaired) electrons. The van der Waals surface area contributed by atoms with Gasteiger partial charge in [0.2, 0.25) is 5.91 Å². The first-order valence-electron chi connectivity index (χ1n) is 7.05. The minimum absolute atomic E-state index is 0.0985. The Morgan fingerprint density at radius 3 is 3.25 bits per heavy atom. The first-order chi connectivity index (χ1) is 9.74. The van der Waals surface area contributed by atoms with E-state index in [1.54, 1.807) is 0 Å². The molecule has 1 amide bonds. The highest BCUT2D eigenvalue weighted by Crippen LogP contribution is 2.14. The maximum atomic E-state index is 11.9. The van der Waals surface area contributed by atoms with Crippen LogP contribution in [0.2, 0.25) is 0 Å². The normalized spacial score (nSPS) is 19.9. The van der Waals surface area contributed by atoms with Gasteiger partial charge in [-0.15, -0.1) is 0 Å². The number of amides is 1. The van der Waals surface area contributed by atoms with Gasteiger partial charge < -0.3 is 10.6 Å². The fraction of sp³-hybridized carbons (Fsp3) is 0.500. The van der Waals surface area contributed by atoms with Crippen molar-refractivity contribution in [1.29, 1.82) is 0 Å². The minimum Gasteiger partial charge on any atom is -0.355 e. The van der Waals surface area contributed by atoms with Crippen LogP contribution in [0.1, 0.15) is 30.5 Å². The van der Waals surface area contributed by atoms with Crippen LogP contribution in [-0.2, 0) is 11.3 Å². The number of carbonyl (C=O) groups excluding carboxylic acids is 1. The zero-order valence-corrected chi connectivity index (χ0v) is 11.6. The van der Waals surface area contributed by atoms with Gasteiger partial charge in [0.25, 0.3) is 0 Å². The summed E-state index contributed by atoms with van der Waals surface area (Å²) in [6, 6.07) is 1.97. The van der Waals surface area contributed by atoms with E-state index in [-0.39, 0.29) is 11.9 Å². The summed E-state index contributed by atoms with van der Waals surface area (Å²) in [5, 5.41) is 14.3. The van der Waals surface area contributed by atoms with E-state index in [0.717, 1.165) is 48.1 Å². The number of H-pyrrole nitrogens is 1. The number of pyridine rings is 1. The summed E-state index contributed by atoms with van der Waals surface area (Å²) in [6.07, 6.45) is 4.84. The number of nitrogens with zero attached hydrogens (tertiary/aromatic N) is 2. The Balaban J connectivity index is 1.69. The van der Waals surface area contributed by atoms with E-state index in [1.165, 1.54) is 0 Å². The third-order valence-electron chi connectivity index (χ3n) is 3.74. The molecular weight excluding hydrogens is 254 g/mol. The highest BCUT2D eigenvalue weighted by Gasteiger charge is 2.19. The van der Waals surface area contributed by atoms with Crippen LogP contribution in [0.25, 0.3) is 11.0 Å². The van der Waals surface area contributed by atoms with Crippen LogP contribution in [0.15, 0.2) is 12.3 Å². The standard InChI is InChI=1S/C14H19N5O/c1-9-11-6-10(8-17-13(11)19-18-9)7-16-12-4-2-3-5-15-14(12)20/h6,8,12,16H,2-5,7H2,1H3,(H,15,20)(H,17,18,19). The van der Waals surface area contributed by atoms with Crippen molar-refractivity contribution in [1.82, 2.24) is 25.8 Å². The lowest BCUT2D eigenvalue weighted by molar-refractivity contribution is -0.122. The summed E-state index contributed by atoms with van der Waals surface area (Å²) in [4.78, 5) is 16.2. The van der Waals surface area contributed by atoms with E-state index in [4.69, 9.17) is 0 Å². The van der Waals surface area contributed by atoms with Crippen molar-refractivity contribution in [3.8, 4) is 0 Å². The Hall–Kier alpha value is -1.95. The SMILES string of the molecule is Cc1[nH]nc2ncc(CNC3CCCCNC3=O)cc12. The van der Waals surface area contributed by atoms with E-state index >= 15 is 0 Å². The van der Waals surface area contributed by atoms with Crippen LogP contribution in [0, 0.1) is 6.92 Å². The number of hydrogen-bond donors (Lipinski definition) is 3. The smallest absolute Gasteiger partial charge is 0.237 e. The summed E-state index contributed by atoms with van der Waals surface area (Å²) in [7, 11) is 0.